The zero-order chi connectivity index (χ0) is 17.4. The van der Waals surface area contributed by atoms with Crippen LogP contribution in [0, 0.1) is 0 Å². The van der Waals surface area contributed by atoms with Gasteiger partial charge in [0.1, 0.15) is 0 Å². The molecule has 2 heterocycles. The molecule has 0 amide bonds. The van der Waals surface area contributed by atoms with Crippen molar-refractivity contribution in [2.24, 2.45) is 0 Å². The second-order valence-electron chi connectivity index (χ2n) is 5.90. The molecule has 0 aliphatic carbocycles. The van der Waals surface area contributed by atoms with Crippen molar-refractivity contribution in [3.05, 3.63) is 53.5 Å². The van der Waals surface area contributed by atoms with Crippen LogP contribution in [0.3, 0.4) is 0 Å². The van der Waals surface area contributed by atoms with Gasteiger partial charge in [0.2, 0.25) is 0 Å². The Balaban J connectivity index is 2.04. The van der Waals surface area contributed by atoms with Gasteiger partial charge in [0.15, 0.2) is 0 Å². The molecular weight excluding hydrogens is 312 g/mol. The summed E-state index contributed by atoms with van der Waals surface area (Å²) >= 11 is 0. The molecule has 2 N–H and O–H groups in total. The molecule has 0 bridgehead atoms. The van der Waals surface area contributed by atoms with Crippen molar-refractivity contribution in [1.82, 2.24) is 19.8 Å². The van der Waals surface area contributed by atoms with Crippen molar-refractivity contribution < 1.29 is 0 Å². The highest BCUT2D eigenvalue weighted by atomic mass is 16.2. The van der Waals surface area contributed by atoms with Gasteiger partial charge in [0.25, 0.3) is 22.2 Å². The molecule has 0 fully saturated rings. The minimum absolute atomic E-state index is 0.146. The number of hydrogen-bond acceptors (Lipinski definition) is 6. The second-order valence-corrected chi connectivity index (χ2v) is 5.90. The number of benzene rings is 1. The van der Waals surface area contributed by atoms with Crippen molar-refractivity contribution in [3.8, 4) is 0 Å². The van der Waals surface area contributed by atoms with E-state index in [-0.39, 0.29) is 28.1 Å². The van der Waals surface area contributed by atoms with Gasteiger partial charge in [-0.2, -0.15) is 0 Å². The highest BCUT2D eigenvalue weighted by molar-refractivity contribution is 5.97. The Kier molecular flexibility index (Phi) is 4.16. The fraction of sp³-hybridized carbons (Fsp3) is 0.375. The monoisotopic (exact) mass is 330 g/mol. The molecule has 0 radical (unpaired) electrons. The standard InChI is InChI=1S/C16H18N4O4/c1-17-3-4-19(2)5-6-20-15(23)11-7-9-10(8-12(11)16(20)24)14(22)18-13(9)21/h7-8,17H,3-6H2,1-2H3,(H,18,21,22). The highest BCUT2D eigenvalue weighted by Gasteiger charge is 2.17. The lowest BCUT2D eigenvalue weighted by Gasteiger charge is -2.15. The first-order valence-electron chi connectivity index (χ1n) is 7.67. The predicted molar refractivity (Wildman–Crippen MR) is 92.7 cm³/mol. The zero-order valence-electron chi connectivity index (χ0n) is 13.5. The summed E-state index contributed by atoms with van der Waals surface area (Å²) < 4.78 is 1.16. The van der Waals surface area contributed by atoms with Crippen molar-refractivity contribution >= 4 is 21.5 Å². The Hall–Kier alpha value is -2.58. The van der Waals surface area contributed by atoms with Crippen LogP contribution < -0.4 is 27.6 Å². The molecule has 2 aromatic heterocycles. The van der Waals surface area contributed by atoms with E-state index in [1.807, 2.05) is 19.0 Å². The number of rotatable bonds is 6. The second kappa shape index (κ2) is 6.14. The predicted octanol–water partition coefficient (Wildman–Crippen LogP) is -1.41. The number of aromatic amines is 1. The number of nitrogens with zero attached hydrogens (tertiary/aromatic N) is 2. The molecule has 8 nitrogen and oxygen atoms in total. The summed E-state index contributed by atoms with van der Waals surface area (Å²) in [5.74, 6) is 0. The number of H-pyrrole nitrogens is 1. The quantitative estimate of drug-likeness (QED) is 0.575. The Morgan fingerprint density at radius 1 is 0.958 bits per heavy atom. The summed E-state index contributed by atoms with van der Waals surface area (Å²) in [6, 6.07) is 2.69. The van der Waals surface area contributed by atoms with Crippen LogP contribution in [0.2, 0.25) is 0 Å². The van der Waals surface area contributed by atoms with E-state index in [2.05, 4.69) is 10.3 Å². The first-order chi connectivity index (χ1) is 11.4. The lowest BCUT2D eigenvalue weighted by molar-refractivity contribution is 0.318. The first kappa shape index (κ1) is 16.3. The van der Waals surface area contributed by atoms with Gasteiger partial charge in [0, 0.05) is 26.2 Å². The van der Waals surface area contributed by atoms with E-state index >= 15 is 0 Å². The third-order valence-corrected chi connectivity index (χ3v) is 4.27. The zero-order valence-corrected chi connectivity index (χ0v) is 13.5. The summed E-state index contributed by atoms with van der Waals surface area (Å²) in [7, 11) is 3.77. The van der Waals surface area contributed by atoms with Crippen LogP contribution in [0.25, 0.3) is 21.5 Å². The SMILES string of the molecule is CNCCN(C)CCn1c(=O)c2cc3c(=O)[nH]c(=O)c3cc2c1=O. The van der Waals surface area contributed by atoms with Crippen LogP contribution in [-0.2, 0) is 6.54 Å². The van der Waals surface area contributed by atoms with Crippen LogP contribution in [0.1, 0.15) is 0 Å². The fourth-order valence-corrected chi connectivity index (χ4v) is 2.84. The largest absolute Gasteiger partial charge is 0.318 e. The Morgan fingerprint density at radius 3 is 2.00 bits per heavy atom. The van der Waals surface area contributed by atoms with Crippen LogP contribution >= 0.6 is 0 Å². The van der Waals surface area contributed by atoms with Gasteiger partial charge < -0.3 is 10.2 Å². The number of fused-ring (bicyclic) bond motifs is 2. The molecule has 126 valence electrons. The third-order valence-electron chi connectivity index (χ3n) is 4.27. The topological polar surface area (TPSA) is 104 Å². The lowest BCUT2D eigenvalue weighted by atomic mass is 10.1. The molecular formula is C16H18N4O4. The minimum atomic E-state index is -0.539. The molecule has 3 aromatic rings. The molecule has 0 unspecified atom stereocenters. The van der Waals surface area contributed by atoms with Gasteiger partial charge in [-0.05, 0) is 26.2 Å². The van der Waals surface area contributed by atoms with Crippen LogP contribution in [0.15, 0.2) is 31.3 Å². The number of aromatic nitrogens is 2. The van der Waals surface area contributed by atoms with E-state index in [9.17, 15) is 19.2 Å². The van der Waals surface area contributed by atoms with E-state index in [4.69, 9.17) is 0 Å². The van der Waals surface area contributed by atoms with Gasteiger partial charge in [0.05, 0.1) is 21.5 Å². The van der Waals surface area contributed by atoms with Crippen molar-refractivity contribution in [2.75, 3.05) is 33.7 Å². The Labute approximate surface area is 136 Å². The molecule has 0 saturated heterocycles. The third kappa shape index (κ3) is 2.59. The summed E-state index contributed by atoms with van der Waals surface area (Å²) in [5.41, 5.74) is -1.93. The number of nitrogens with one attached hydrogen (secondary N) is 2. The maximum absolute atomic E-state index is 12.5. The van der Waals surface area contributed by atoms with Crippen LogP contribution in [0.5, 0.6) is 0 Å². The first-order valence-corrected chi connectivity index (χ1v) is 7.67. The average Bonchev–Trinajstić information content (AvgIpc) is 2.97. The van der Waals surface area contributed by atoms with Crippen LogP contribution in [-0.4, -0.2) is 48.2 Å². The fourth-order valence-electron chi connectivity index (χ4n) is 2.84. The van der Waals surface area contributed by atoms with Gasteiger partial charge in [-0.1, -0.05) is 0 Å². The van der Waals surface area contributed by atoms with E-state index in [0.717, 1.165) is 17.7 Å². The Bertz CT molecular complexity index is 1030. The summed E-state index contributed by atoms with van der Waals surface area (Å²) in [6.45, 7) is 2.41. The highest BCUT2D eigenvalue weighted by Crippen LogP contribution is 2.13. The summed E-state index contributed by atoms with van der Waals surface area (Å²) in [6.07, 6.45) is 0. The van der Waals surface area contributed by atoms with E-state index in [1.165, 1.54) is 12.1 Å². The van der Waals surface area contributed by atoms with Gasteiger partial charge in [-0.15, -0.1) is 0 Å². The molecule has 0 aliphatic rings. The minimum Gasteiger partial charge on any atom is -0.318 e. The van der Waals surface area contributed by atoms with Crippen LogP contribution in [0.4, 0.5) is 0 Å². The number of hydrogen-bond donors (Lipinski definition) is 2. The maximum atomic E-state index is 12.5. The molecule has 24 heavy (non-hydrogen) atoms. The number of likely N-dealkylation sites (N-methyl/N-ethyl adjacent to an activating group) is 2. The van der Waals surface area contributed by atoms with Gasteiger partial charge in [-0.25, -0.2) is 0 Å². The normalized spacial score (nSPS) is 12.0. The van der Waals surface area contributed by atoms with Crippen molar-refractivity contribution in [3.63, 3.8) is 0 Å². The van der Waals surface area contributed by atoms with Crippen molar-refractivity contribution in [2.45, 2.75) is 6.54 Å². The molecule has 0 spiro atoms. The van der Waals surface area contributed by atoms with E-state index in [0.29, 0.717) is 6.54 Å². The average molecular weight is 330 g/mol. The summed E-state index contributed by atoms with van der Waals surface area (Å²) in [4.78, 5) is 52.5. The van der Waals surface area contributed by atoms with Gasteiger partial charge in [-0.3, -0.25) is 28.7 Å². The molecule has 8 heteroatoms. The van der Waals surface area contributed by atoms with Crippen molar-refractivity contribution in [1.29, 1.82) is 0 Å². The molecule has 1 aromatic carbocycles. The molecule has 3 rings (SSSR count). The maximum Gasteiger partial charge on any atom is 0.261 e. The van der Waals surface area contributed by atoms with E-state index < -0.39 is 22.2 Å². The van der Waals surface area contributed by atoms with E-state index in [1.54, 1.807) is 0 Å². The molecule has 0 aliphatic heterocycles. The molecule has 0 saturated carbocycles. The lowest BCUT2D eigenvalue weighted by Crippen LogP contribution is -2.34. The molecule has 0 atom stereocenters. The van der Waals surface area contributed by atoms with Gasteiger partial charge >= 0.3 is 0 Å². The smallest absolute Gasteiger partial charge is 0.261 e. The Morgan fingerprint density at radius 2 is 1.50 bits per heavy atom. The summed E-state index contributed by atoms with van der Waals surface area (Å²) in [5, 5.41) is 3.69.